The molecule has 1 heterocycles. The molecular weight excluding hydrogens is 320 g/mol. The number of carbonyl (C=O) groups is 1. The van der Waals surface area contributed by atoms with E-state index in [0.29, 0.717) is 5.69 Å². The van der Waals surface area contributed by atoms with Gasteiger partial charge >= 0.3 is 5.97 Å². The third kappa shape index (κ3) is 2.32. The van der Waals surface area contributed by atoms with Gasteiger partial charge in [0.25, 0.3) is 0 Å². The lowest BCUT2D eigenvalue weighted by Crippen LogP contribution is -2.08. The van der Waals surface area contributed by atoms with Crippen molar-refractivity contribution < 1.29 is 9.90 Å². The zero-order valence-corrected chi connectivity index (χ0v) is 12.0. The van der Waals surface area contributed by atoms with Crippen LogP contribution in [0.15, 0.2) is 53.0 Å². The number of hydrogen-bond donors (Lipinski definition) is 1. The number of carboxylic acid groups (broad SMARTS) is 1. The molecule has 0 saturated carbocycles. The lowest BCUT2D eigenvalue weighted by Gasteiger charge is -2.06. The Kier molecular flexibility index (Phi) is 3.28. The average Bonchev–Trinajstić information content (AvgIpc) is 2.77. The van der Waals surface area contributed by atoms with Crippen molar-refractivity contribution in [3.05, 3.63) is 58.7 Å². The number of fused-ring (bicyclic) bond motifs is 1. The van der Waals surface area contributed by atoms with E-state index in [1.54, 1.807) is 4.68 Å². The number of nitrogens with zero attached hydrogens (tertiary/aromatic N) is 2. The van der Waals surface area contributed by atoms with Gasteiger partial charge in [-0.1, -0.05) is 40.2 Å². The fourth-order valence-corrected chi connectivity index (χ4v) is 2.61. The Labute approximate surface area is 123 Å². The molecule has 3 aromatic rings. The van der Waals surface area contributed by atoms with E-state index in [0.717, 1.165) is 21.1 Å². The first-order valence-electron chi connectivity index (χ1n) is 6.09. The van der Waals surface area contributed by atoms with Gasteiger partial charge in [-0.3, -0.25) is 4.79 Å². The molecule has 3 rings (SSSR count). The Morgan fingerprint density at radius 3 is 2.75 bits per heavy atom. The van der Waals surface area contributed by atoms with Crippen LogP contribution >= 0.6 is 15.9 Å². The van der Waals surface area contributed by atoms with E-state index in [2.05, 4.69) is 21.0 Å². The summed E-state index contributed by atoms with van der Waals surface area (Å²) in [4.78, 5) is 11.1. The number of aromatic nitrogens is 2. The van der Waals surface area contributed by atoms with Crippen LogP contribution in [-0.2, 0) is 11.2 Å². The molecule has 0 amide bonds. The van der Waals surface area contributed by atoms with Crippen molar-refractivity contribution >= 4 is 32.8 Å². The Hall–Kier alpha value is -2.14. The summed E-state index contributed by atoms with van der Waals surface area (Å²) in [6.07, 6.45) is -0.0625. The van der Waals surface area contributed by atoms with Crippen molar-refractivity contribution in [1.82, 2.24) is 9.78 Å². The van der Waals surface area contributed by atoms with E-state index < -0.39 is 5.97 Å². The molecule has 20 heavy (non-hydrogen) atoms. The molecule has 0 aliphatic rings. The first-order valence-corrected chi connectivity index (χ1v) is 6.89. The summed E-state index contributed by atoms with van der Waals surface area (Å²) in [5.74, 6) is -0.869. The summed E-state index contributed by atoms with van der Waals surface area (Å²) in [5.41, 5.74) is 2.32. The third-order valence-electron chi connectivity index (χ3n) is 3.05. The summed E-state index contributed by atoms with van der Waals surface area (Å²) >= 11 is 3.42. The van der Waals surface area contributed by atoms with E-state index >= 15 is 0 Å². The number of halogens is 1. The van der Waals surface area contributed by atoms with Crippen molar-refractivity contribution in [3.63, 3.8) is 0 Å². The topological polar surface area (TPSA) is 55.1 Å². The average molecular weight is 331 g/mol. The molecule has 0 saturated heterocycles. The molecule has 0 fully saturated rings. The summed E-state index contributed by atoms with van der Waals surface area (Å²) in [6.45, 7) is 0. The summed E-state index contributed by atoms with van der Waals surface area (Å²) in [6, 6.07) is 15.2. The highest BCUT2D eigenvalue weighted by Gasteiger charge is 2.15. The number of benzene rings is 2. The lowest BCUT2D eigenvalue weighted by atomic mass is 10.1. The second-order valence-electron chi connectivity index (χ2n) is 4.43. The van der Waals surface area contributed by atoms with Crippen LogP contribution in [-0.4, -0.2) is 20.9 Å². The van der Waals surface area contributed by atoms with Crippen LogP contribution in [0.5, 0.6) is 0 Å². The Morgan fingerprint density at radius 1 is 1.20 bits per heavy atom. The van der Waals surface area contributed by atoms with Crippen LogP contribution in [0.4, 0.5) is 0 Å². The van der Waals surface area contributed by atoms with E-state index in [1.165, 1.54) is 0 Å². The molecule has 1 aromatic heterocycles. The van der Waals surface area contributed by atoms with Crippen LogP contribution in [0, 0.1) is 0 Å². The number of carboxylic acids is 1. The maximum Gasteiger partial charge on any atom is 0.309 e. The molecule has 100 valence electrons. The minimum Gasteiger partial charge on any atom is -0.481 e. The van der Waals surface area contributed by atoms with Crippen molar-refractivity contribution in [1.29, 1.82) is 0 Å². The highest BCUT2D eigenvalue weighted by molar-refractivity contribution is 9.10. The van der Waals surface area contributed by atoms with Crippen LogP contribution in [0.25, 0.3) is 16.6 Å². The normalized spacial score (nSPS) is 10.8. The molecule has 0 bridgehead atoms. The molecule has 0 aliphatic carbocycles. The molecule has 2 aromatic carbocycles. The molecule has 0 radical (unpaired) electrons. The quantitative estimate of drug-likeness (QED) is 0.800. The van der Waals surface area contributed by atoms with Gasteiger partial charge in [0.15, 0.2) is 0 Å². The molecular formula is C15H11BrN2O2. The smallest absolute Gasteiger partial charge is 0.309 e. The van der Waals surface area contributed by atoms with Crippen LogP contribution in [0.1, 0.15) is 5.69 Å². The maximum absolute atomic E-state index is 11.1. The number of aliphatic carboxylic acids is 1. The van der Waals surface area contributed by atoms with Gasteiger partial charge < -0.3 is 5.11 Å². The van der Waals surface area contributed by atoms with Crippen LogP contribution in [0.3, 0.4) is 0 Å². The van der Waals surface area contributed by atoms with Crippen LogP contribution < -0.4 is 0 Å². The maximum atomic E-state index is 11.1. The lowest BCUT2D eigenvalue weighted by molar-refractivity contribution is -0.136. The molecule has 1 N–H and O–H groups in total. The van der Waals surface area contributed by atoms with Crippen LogP contribution in [0.2, 0.25) is 0 Å². The fourth-order valence-electron chi connectivity index (χ4n) is 2.22. The van der Waals surface area contributed by atoms with E-state index in [1.807, 2.05) is 48.5 Å². The molecule has 0 spiro atoms. The van der Waals surface area contributed by atoms with Gasteiger partial charge in [0, 0.05) is 9.86 Å². The minimum atomic E-state index is -0.869. The zero-order valence-electron chi connectivity index (χ0n) is 10.5. The second-order valence-corrected chi connectivity index (χ2v) is 5.34. The van der Waals surface area contributed by atoms with Gasteiger partial charge in [0.1, 0.15) is 0 Å². The zero-order chi connectivity index (χ0) is 14.1. The molecule has 4 nitrogen and oxygen atoms in total. The van der Waals surface area contributed by atoms with Gasteiger partial charge in [0.05, 0.1) is 23.3 Å². The van der Waals surface area contributed by atoms with E-state index in [4.69, 9.17) is 5.11 Å². The summed E-state index contributed by atoms with van der Waals surface area (Å²) in [5, 5.41) is 14.5. The third-order valence-corrected chi connectivity index (χ3v) is 3.54. The van der Waals surface area contributed by atoms with Gasteiger partial charge in [-0.15, -0.1) is 0 Å². The standard InChI is InChI=1S/C15H11BrN2O2/c16-10-4-3-5-11(8-10)18-14(9-15(19)20)12-6-1-2-7-13(12)17-18/h1-8H,9H2,(H,19,20). The monoisotopic (exact) mass is 330 g/mol. The SMILES string of the molecule is O=C(O)Cc1c2ccccc2nn1-c1cccc(Br)c1. The Bertz CT molecular complexity index is 795. The summed E-state index contributed by atoms with van der Waals surface area (Å²) < 4.78 is 2.62. The Morgan fingerprint density at radius 2 is 2.00 bits per heavy atom. The first-order chi connectivity index (χ1) is 9.65. The highest BCUT2D eigenvalue weighted by atomic mass is 79.9. The number of rotatable bonds is 3. The van der Waals surface area contributed by atoms with Gasteiger partial charge in [-0.2, -0.15) is 5.10 Å². The Balaban J connectivity index is 2.26. The minimum absolute atomic E-state index is 0.0625. The van der Waals surface area contributed by atoms with Crippen molar-refractivity contribution in [2.45, 2.75) is 6.42 Å². The van der Waals surface area contributed by atoms with E-state index in [9.17, 15) is 4.79 Å². The molecule has 0 unspecified atom stereocenters. The van der Waals surface area contributed by atoms with Gasteiger partial charge in [-0.25, -0.2) is 4.68 Å². The van der Waals surface area contributed by atoms with Gasteiger partial charge in [0.2, 0.25) is 0 Å². The fraction of sp³-hybridized carbons (Fsp3) is 0.0667. The predicted molar refractivity (Wildman–Crippen MR) is 80.1 cm³/mol. The highest BCUT2D eigenvalue weighted by Crippen LogP contribution is 2.23. The second kappa shape index (κ2) is 5.09. The van der Waals surface area contributed by atoms with Crippen molar-refractivity contribution in [3.8, 4) is 5.69 Å². The molecule has 0 atom stereocenters. The van der Waals surface area contributed by atoms with Gasteiger partial charge in [-0.05, 0) is 24.3 Å². The summed E-state index contributed by atoms with van der Waals surface area (Å²) in [7, 11) is 0. The van der Waals surface area contributed by atoms with E-state index in [-0.39, 0.29) is 6.42 Å². The van der Waals surface area contributed by atoms with Crippen molar-refractivity contribution in [2.24, 2.45) is 0 Å². The largest absolute Gasteiger partial charge is 0.481 e. The predicted octanol–water partition coefficient (Wildman–Crippen LogP) is 3.42. The first kappa shape index (κ1) is 12.9. The molecule has 5 heteroatoms. The number of hydrogen-bond acceptors (Lipinski definition) is 2. The van der Waals surface area contributed by atoms with Crippen molar-refractivity contribution in [2.75, 3.05) is 0 Å². The molecule has 0 aliphatic heterocycles.